The number of nitrogens with zero attached hydrogens (tertiary/aromatic N) is 2. The predicted octanol–water partition coefficient (Wildman–Crippen LogP) is 4.24. The summed E-state index contributed by atoms with van der Waals surface area (Å²) in [6.07, 6.45) is 9.93. The minimum absolute atomic E-state index is 0.00106. The number of rotatable bonds is 10. The monoisotopic (exact) mass is 327 g/mol. The Balaban J connectivity index is 1.84. The molecular formula is C20H29N3O. The van der Waals surface area contributed by atoms with E-state index in [1.165, 1.54) is 24.2 Å². The fourth-order valence-electron chi connectivity index (χ4n) is 2.89. The molecule has 0 aliphatic rings. The first-order valence-corrected chi connectivity index (χ1v) is 9.11. The van der Waals surface area contributed by atoms with E-state index < -0.39 is 0 Å². The average Bonchev–Trinajstić information content (AvgIpc) is 2.94. The summed E-state index contributed by atoms with van der Waals surface area (Å²) in [5.74, 6) is 1.20. The second kappa shape index (κ2) is 9.91. The van der Waals surface area contributed by atoms with Gasteiger partial charge >= 0.3 is 0 Å². The lowest BCUT2D eigenvalue weighted by Gasteiger charge is -2.08. The normalized spacial score (nSPS) is 11.4. The summed E-state index contributed by atoms with van der Waals surface area (Å²) in [5.41, 5.74) is 2.35. The molecule has 0 aliphatic carbocycles. The molecule has 0 fully saturated rings. The summed E-state index contributed by atoms with van der Waals surface area (Å²) in [6.45, 7) is 5.87. The van der Waals surface area contributed by atoms with E-state index in [0.29, 0.717) is 0 Å². The van der Waals surface area contributed by atoms with Gasteiger partial charge in [0.05, 0.1) is 11.0 Å². The van der Waals surface area contributed by atoms with Crippen LogP contribution >= 0.6 is 0 Å². The summed E-state index contributed by atoms with van der Waals surface area (Å²) < 4.78 is 2.38. The number of allylic oxidation sites excluding steroid dienone is 1. The Labute approximate surface area is 145 Å². The minimum Gasteiger partial charge on any atom is -0.353 e. The van der Waals surface area contributed by atoms with Gasteiger partial charge in [0.15, 0.2) is 0 Å². The Morgan fingerprint density at radius 1 is 1.21 bits per heavy atom. The standard InChI is InChI=1S/C20H29N3O/c1-3-5-16-23-18-13-9-8-12-17(18)22-19(23)14-7-6-10-15-21-20(24)11-4-2/h4,8-9,11-13H,3,5-7,10,14-16H2,1-2H3,(H,21,24)/b11-4+. The van der Waals surface area contributed by atoms with Gasteiger partial charge in [0.25, 0.3) is 0 Å². The largest absolute Gasteiger partial charge is 0.353 e. The minimum atomic E-state index is -0.00106. The van der Waals surface area contributed by atoms with Crippen LogP contribution in [0.4, 0.5) is 0 Å². The van der Waals surface area contributed by atoms with E-state index in [-0.39, 0.29) is 5.91 Å². The molecule has 1 heterocycles. The molecule has 0 unspecified atom stereocenters. The lowest BCUT2D eigenvalue weighted by atomic mass is 10.2. The molecule has 2 aromatic rings. The van der Waals surface area contributed by atoms with E-state index in [1.807, 2.05) is 6.92 Å². The van der Waals surface area contributed by atoms with Crippen molar-refractivity contribution in [1.29, 1.82) is 0 Å². The van der Waals surface area contributed by atoms with Crippen LogP contribution in [-0.2, 0) is 17.8 Å². The zero-order valence-electron chi connectivity index (χ0n) is 14.9. The maximum Gasteiger partial charge on any atom is 0.243 e. The second-order valence-electron chi connectivity index (χ2n) is 6.12. The molecule has 0 spiro atoms. The summed E-state index contributed by atoms with van der Waals surface area (Å²) >= 11 is 0. The zero-order valence-corrected chi connectivity index (χ0v) is 14.9. The highest BCUT2D eigenvalue weighted by atomic mass is 16.1. The topological polar surface area (TPSA) is 46.9 Å². The molecule has 2 rings (SSSR count). The van der Waals surface area contributed by atoms with Gasteiger partial charge in [0.1, 0.15) is 5.82 Å². The summed E-state index contributed by atoms with van der Waals surface area (Å²) in [4.78, 5) is 16.2. The fraction of sp³-hybridized carbons (Fsp3) is 0.500. The van der Waals surface area contributed by atoms with E-state index in [0.717, 1.165) is 44.3 Å². The van der Waals surface area contributed by atoms with Crippen LogP contribution in [-0.4, -0.2) is 22.0 Å². The number of hydrogen-bond acceptors (Lipinski definition) is 2. The Morgan fingerprint density at radius 2 is 2.04 bits per heavy atom. The number of para-hydroxylation sites is 2. The van der Waals surface area contributed by atoms with Crippen molar-refractivity contribution in [2.24, 2.45) is 0 Å². The number of aryl methyl sites for hydroxylation is 2. The molecule has 24 heavy (non-hydrogen) atoms. The van der Waals surface area contributed by atoms with Gasteiger partial charge in [-0.15, -0.1) is 0 Å². The number of aromatic nitrogens is 2. The highest BCUT2D eigenvalue weighted by molar-refractivity contribution is 5.87. The molecule has 0 saturated carbocycles. The van der Waals surface area contributed by atoms with Gasteiger partial charge in [0, 0.05) is 19.5 Å². The van der Waals surface area contributed by atoms with Gasteiger partial charge < -0.3 is 9.88 Å². The average molecular weight is 327 g/mol. The van der Waals surface area contributed by atoms with E-state index in [4.69, 9.17) is 4.98 Å². The Hall–Kier alpha value is -2.10. The zero-order chi connectivity index (χ0) is 17.2. The first kappa shape index (κ1) is 18.2. The maximum absolute atomic E-state index is 11.3. The van der Waals surface area contributed by atoms with E-state index in [2.05, 4.69) is 41.1 Å². The number of imidazole rings is 1. The van der Waals surface area contributed by atoms with E-state index in [1.54, 1.807) is 12.2 Å². The number of hydrogen-bond donors (Lipinski definition) is 1. The smallest absolute Gasteiger partial charge is 0.243 e. The summed E-state index contributed by atoms with van der Waals surface area (Å²) in [5, 5.41) is 2.90. The Bertz CT molecular complexity index is 673. The molecule has 0 atom stereocenters. The van der Waals surface area contributed by atoms with Crippen LogP contribution in [0.3, 0.4) is 0 Å². The van der Waals surface area contributed by atoms with E-state index in [9.17, 15) is 4.79 Å². The molecule has 1 aromatic carbocycles. The highest BCUT2D eigenvalue weighted by Crippen LogP contribution is 2.18. The number of benzene rings is 1. The lowest BCUT2D eigenvalue weighted by molar-refractivity contribution is -0.116. The van der Waals surface area contributed by atoms with Crippen molar-refractivity contribution in [3.63, 3.8) is 0 Å². The van der Waals surface area contributed by atoms with Crippen molar-refractivity contribution in [1.82, 2.24) is 14.9 Å². The number of carbonyl (C=O) groups is 1. The second-order valence-corrected chi connectivity index (χ2v) is 6.12. The van der Waals surface area contributed by atoms with Crippen LogP contribution in [0.5, 0.6) is 0 Å². The summed E-state index contributed by atoms with van der Waals surface area (Å²) in [6, 6.07) is 8.40. The molecule has 1 N–H and O–H groups in total. The first-order chi connectivity index (χ1) is 11.8. The van der Waals surface area contributed by atoms with Crippen LogP contribution in [0.15, 0.2) is 36.4 Å². The van der Waals surface area contributed by atoms with Crippen LogP contribution in [0.25, 0.3) is 11.0 Å². The Morgan fingerprint density at radius 3 is 2.83 bits per heavy atom. The third kappa shape index (κ3) is 5.22. The number of nitrogens with one attached hydrogen (secondary N) is 1. The van der Waals surface area contributed by atoms with Crippen LogP contribution in [0.2, 0.25) is 0 Å². The molecule has 4 nitrogen and oxygen atoms in total. The number of carbonyl (C=O) groups excluding carboxylic acids is 1. The van der Waals surface area contributed by atoms with Crippen molar-refractivity contribution in [3.8, 4) is 0 Å². The van der Waals surface area contributed by atoms with E-state index >= 15 is 0 Å². The van der Waals surface area contributed by atoms with Crippen LogP contribution in [0.1, 0.15) is 51.8 Å². The van der Waals surface area contributed by atoms with Gasteiger partial charge in [-0.25, -0.2) is 4.98 Å². The molecule has 130 valence electrons. The molecule has 0 aliphatic heterocycles. The van der Waals surface area contributed by atoms with Crippen LogP contribution < -0.4 is 5.32 Å². The number of fused-ring (bicyclic) bond motifs is 1. The first-order valence-electron chi connectivity index (χ1n) is 9.11. The number of unbranched alkanes of at least 4 members (excludes halogenated alkanes) is 3. The van der Waals surface area contributed by atoms with Crippen molar-refractivity contribution in [3.05, 3.63) is 42.2 Å². The van der Waals surface area contributed by atoms with Gasteiger partial charge in [-0.1, -0.05) is 38.0 Å². The third-order valence-corrected chi connectivity index (χ3v) is 4.16. The fourth-order valence-corrected chi connectivity index (χ4v) is 2.89. The van der Waals surface area contributed by atoms with Crippen LogP contribution in [0, 0.1) is 0 Å². The third-order valence-electron chi connectivity index (χ3n) is 4.16. The highest BCUT2D eigenvalue weighted by Gasteiger charge is 2.09. The Kier molecular flexibility index (Phi) is 7.53. The van der Waals surface area contributed by atoms with Crippen molar-refractivity contribution in [2.75, 3.05) is 6.54 Å². The maximum atomic E-state index is 11.3. The van der Waals surface area contributed by atoms with Crippen molar-refractivity contribution in [2.45, 2.75) is 58.9 Å². The van der Waals surface area contributed by atoms with Gasteiger partial charge in [-0.2, -0.15) is 0 Å². The molecule has 0 saturated heterocycles. The van der Waals surface area contributed by atoms with Gasteiger partial charge in [-0.3, -0.25) is 4.79 Å². The molecule has 4 heteroatoms. The SMILES string of the molecule is C/C=C/C(=O)NCCCCCc1nc2ccccc2n1CCCC. The van der Waals surface area contributed by atoms with Gasteiger partial charge in [-0.05, 0) is 44.4 Å². The molecule has 0 bridgehead atoms. The molecular weight excluding hydrogens is 298 g/mol. The lowest BCUT2D eigenvalue weighted by Crippen LogP contribution is -2.21. The molecule has 1 aromatic heterocycles. The van der Waals surface area contributed by atoms with Gasteiger partial charge in [0.2, 0.25) is 5.91 Å². The molecule has 1 amide bonds. The number of amides is 1. The molecule has 0 radical (unpaired) electrons. The van der Waals surface area contributed by atoms with Crippen molar-refractivity contribution < 1.29 is 4.79 Å². The quantitative estimate of drug-likeness (QED) is 0.524. The summed E-state index contributed by atoms with van der Waals surface area (Å²) in [7, 11) is 0. The van der Waals surface area contributed by atoms with Crippen molar-refractivity contribution >= 4 is 16.9 Å². The predicted molar refractivity (Wildman–Crippen MR) is 100 cm³/mol.